The molecule has 3 aromatic carbocycles. The van der Waals surface area contributed by atoms with Crippen LogP contribution >= 0.6 is 11.6 Å². The van der Waals surface area contributed by atoms with Gasteiger partial charge in [-0.25, -0.2) is 4.79 Å². The number of ether oxygens (including phenoxy) is 1. The van der Waals surface area contributed by atoms with Gasteiger partial charge in [0.25, 0.3) is 0 Å². The number of carboxylic acid groups (broad SMARTS) is 1. The Morgan fingerprint density at radius 2 is 1.69 bits per heavy atom. The van der Waals surface area contributed by atoms with Gasteiger partial charge in [-0.3, -0.25) is 0 Å². The number of likely N-dealkylation sites (tertiary alicyclic amines) is 1. The average Bonchev–Trinajstić information content (AvgIpc) is 3.37. The van der Waals surface area contributed by atoms with Crippen LogP contribution in [0.3, 0.4) is 0 Å². The SMILES string of the molecule is Cc1cc(-c2ccccc2C(C)OCC(O)CN2CCCC2)ccc1C(=O)O.Cc1ccc(Cl)cc1. The van der Waals surface area contributed by atoms with Crippen LogP contribution in [0.5, 0.6) is 0 Å². The molecule has 2 unspecified atom stereocenters. The summed E-state index contributed by atoms with van der Waals surface area (Å²) >= 11 is 5.61. The van der Waals surface area contributed by atoms with E-state index in [0.717, 1.165) is 40.4 Å². The van der Waals surface area contributed by atoms with Crippen molar-refractivity contribution in [1.82, 2.24) is 4.90 Å². The minimum atomic E-state index is -0.916. The van der Waals surface area contributed by atoms with E-state index in [2.05, 4.69) is 4.90 Å². The zero-order valence-corrected chi connectivity index (χ0v) is 22.0. The molecule has 6 heteroatoms. The third-order valence-electron chi connectivity index (χ3n) is 6.38. The first-order valence-corrected chi connectivity index (χ1v) is 12.8. The van der Waals surface area contributed by atoms with Crippen molar-refractivity contribution in [2.45, 2.75) is 45.8 Å². The number of halogens is 1. The Hall–Kier alpha value is -2.70. The van der Waals surface area contributed by atoms with E-state index in [1.165, 1.54) is 18.4 Å². The van der Waals surface area contributed by atoms with E-state index >= 15 is 0 Å². The monoisotopic (exact) mass is 509 g/mol. The smallest absolute Gasteiger partial charge is 0.335 e. The molecule has 3 aromatic rings. The summed E-state index contributed by atoms with van der Waals surface area (Å²) in [6, 6.07) is 21.1. The lowest BCUT2D eigenvalue weighted by Gasteiger charge is -2.22. The highest BCUT2D eigenvalue weighted by atomic mass is 35.5. The van der Waals surface area contributed by atoms with Crippen molar-refractivity contribution in [1.29, 1.82) is 0 Å². The summed E-state index contributed by atoms with van der Waals surface area (Å²) in [4.78, 5) is 13.5. The number of aliphatic hydroxyl groups excluding tert-OH is 1. The molecule has 36 heavy (non-hydrogen) atoms. The standard InChI is InChI=1S/C23H29NO4.C7H7Cl/c1-16-13-18(9-10-20(16)23(26)27)22-8-4-3-7-21(22)17(2)28-15-19(25)14-24-11-5-6-12-24;1-6-2-4-7(8)5-3-6/h3-4,7-10,13,17,19,25H,5-6,11-12,14-15H2,1-2H3,(H,26,27);2-5H,1H3. The fourth-order valence-electron chi connectivity index (χ4n) is 4.38. The van der Waals surface area contributed by atoms with E-state index in [4.69, 9.17) is 16.3 Å². The topological polar surface area (TPSA) is 70.0 Å². The van der Waals surface area contributed by atoms with Gasteiger partial charge in [0.2, 0.25) is 0 Å². The molecule has 0 bridgehead atoms. The van der Waals surface area contributed by atoms with Gasteiger partial charge in [0.15, 0.2) is 0 Å². The van der Waals surface area contributed by atoms with Gasteiger partial charge in [0.05, 0.1) is 24.4 Å². The lowest BCUT2D eigenvalue weighted by molar-refractivity contribution is -0.0131. The molecule has 1 heterocycles. The van der Waals surface area contributed by atoms with Crippen molar-refractivity contribution in [3.8, 4) is 11.1 Å². The van der Waals surface area contributed by atoms with Crippen molar-refractivity contribution < 1.29 is 19.7 Å². The van der Waals surface area contributed by atoms with Gasteiger partial charge in [-0.15, -0.1) is 0 Å². The summed E-state index contributed by atoms with van der Waals surface area (Å²) in [5.74, 6) is -0.916. The molecule has 4 rings (SSSR count). The van der Waals surface area contributed by atoms with Gasteiger partial charge in [-0.2, -0.15) is 0 Å². The molecule has 1 fully saturated rings. The molecule has 0 saturated carbocycles. The van der Waals surface area contributed by atoms with Crippen LogP contribution in [-0.2, 0) is 4.74 Å². The number of aliphatic hydroxyl groups is 1. The van der Waals surface area contributed by atoms with Crippen molar-refractivity contribution >= 4 is 17.6 Å². The molecule has 1 saturated heterocycles. The maximum Gasteiger partial charge on any atom is 0.335 e. The first kappa shape index (κ1) is 27.9. The second-order valence-corrected chi connectivity index (χ2v) is 9.79. The van der Waals surface area contributed by atoms with Gasteiger partial charge in [0, 0.05) is 11.6 Å². The van der Waals surface area contributed by atoms with Crippen LogP contribution in [0.4, 0.5) is 0 Å². The quantitative estimate of drug-likeness (QED) is 0.360. The highest BCUT2D eigenvalue weighted by Crippen LogP contribution is 2.31. The van der Waals surface area contributed by atoms with Crippen LogP contribution in [0.2, 0.25) is 5.02 Å². The summed E-state index contributed by atoms with van der Waals surface area (Å²) in [7, 11) is 0. The molecule has 0 amide bonds. The molecule has 1 aliphatic rings. The van der Waals surface area contributed by atoms with Crippen molar-refractivity contribution in [2.75, 3.05) is 26.2 Å². The molecular formula is C30H36ClNO4. The number of benzene rings is 3. The molecular weight excluding hydrogens is 474 g/mol. The molecule has 1 aliphatic heterocycles. The van der Waals surface area contributed by atoms with Crippen LogP contribution in [-0.4, -0.2) is 53.4 Å². The molecule has 0 radical (unpaired) electrons. The molecule has 2 atom stereocenters. The average molecular weight is 510 g/mol. The Kier molecular flexibility index (Phi) is 10.5. The number of rotatable bonds is 8. The Balaban J connectivity index is 0.000000383. The Morgan fingerprint density at radius 3 is 2.31 bits per heavy atom. The minimum Gasteiger partial charge on any atom is -0.478 e. The first-order chi connectivity index (χ1) is 17.2. The van der Waals surface area contributed by atoms with E-state index in [1.54, 1.807) is 6.07 Å². The number of nitrogens with zero attached hydrogens (tertiary/aromatic N) is 1. The highest BCUT2D eigenvalue weighted by molar-refractivity contribution is 6.30. The maximum absolute atomic E-state index is 11.3. The summed E-state index contributed by atoms with van der Waals surface area (Å²) in [6.45, 7) is 8.90. The van der Waals surface area contributed by atoms with Crippen LogP contribution in [0.25, 0.3) is 11.1 Å². The largest absolute Gasteiger partial charge is 0.478 e. The van der Waals surface area contributed by atoms with E-state index in [1.807, 2.05) is 81.4 Å². The van der Waals surface area contributed by atoms with Crippen LogP contribution in [0.15, 0.2) is 66.7 Å². The molecule has 0 spiro atoms. The number of β-amino-alcohol motifs (C(OH)–C–C–N with tert-alkyl or cyclic N) is 1. The third kappa shape index (κ3) is 8.17. The number of hydrogen-bond donors (Lipinski definition) is 2. The number of aryl methyl sites for hydroxylation is 2. The number of aromatic carboxylic acids is 1. The first-order valence-electron chi connectivity index (χ1n) is 12.4. The predicted molar refractivity (Wildman–Crippen MR) is 146 cm³/mol. The van der Waals surface area contributed by atoms with Gasteiger partial charge < -0.3 is 19.8 Å². The van der Waals surface area contributed by atoms with Gasteiger partial charge >= 0.3 is 5.97 Å². The number of carboxylic acids is 1. The molecule has 0 aliphatic carbocycles. The Bertz CT molecular complexity index is 1110. The molecule has 192 valence electrons. The lowest BCUT2D eigenvalue weighted by atomic mass is 9.94. The second kappa shape index (κ2) is 13.6. The molecule has 2 N–H and O–H groups in total. The predicted octanol–water partition coefficient (Wildman–Crippen LogP) is 6.54. The van der Waals surface area contributed by atoms with Crippen molar-refractivity contribution in [3.63, 3.8) is 0 Å². The molecule has 5 nitrogen and oxygen atoms in total. The fraction of sp³-hybridized carbons (Fsp3) is 0.367. The minimum absolute atomic E-state index is 0.177. The zero-order valence-electron chi connectivity index (χ0n) is 21.3. The zero-order chi connectivity index (χ0) is 26.1. The third-order valence-corrected chi connectivity index (χ3v) is 6.64. The van der Waals surface area contributed by atoms with E-state index in [-0.39, 0.29) is 6.10 Å². The number of hydrogen-bond acceptors (Lipinski definition) is 4. The van der Waals surface area contributed by atoms with E-state index in [9.17, 15) is 15.0 Å². The Morgan fingerprint density at radius 1 is 1.03 bits per heavy atom. The van der Waals surface area contributed by atoms with E-state index in [0.29, 0.717) is 18.7 Å². The number of carbonyl (C=O) groups is 1. The molecule has 0 aromatic heterocycles. The summed E-state index contributed by atoms with van der Waals surface area (Å²) in [5, 5.41) is 20.3. The van der Waals surface area contributed by atoms with Crippen LogP contribution < -0.4 is 0 Å². The second-order valence-electron chi connectivity index (χ2n) is 9.35. The normalized spacial score (nSPS) is 15.1. The fourth-order valence-corrected chi connectivity index (χ4v) is 4.51. The Labute approximate surface area is 219 Å². The van der Waals surface area contributed by atoms with Gasteiger partial charge in [-0.1, -0.05) is 65.7 Å². The highest BCUT2D eigenvalue weighted by Gasteiger charge is 2.18. The van der Waals surface area contributed by atoms with Crippen LogP contribution in [0, 0.1) is 13.8 Å². The summed E-state index contributed by atoms with van der Waals surface area (Å²) in [6.07, 6.45) is 1.74. The van der Waals surface area contributed by atoms with E-state index < -0.39 is 12.1 Å². The lowest BCUT2D eigenvalue weighted by Crippen LogP contribution is -2.33. The van der Waals surface area contributed by atoms with Crippen LogP contribution in [0.1, 0.15) is 52.9 Å². The summed E-state index contributed by atoms with van der Waals surface area (Å²) in [5.41, 5.74) is 5.30. The van der Waals surface area contributed by atoms with Crippen molar-refractivity contribution in [2.24, 2.45) is 0 Å². The van der Waals surface area contributed by atoms with Gasteiger partial charge in [-0.05, 0) is 87.2 Å². The van der Waals surface area contributed by atoms with Crippen molar-refractivity contribution in [3.05, 3.63) is 94.0 Å². The maximum atomic E-state index is 11.3. The summed E-state index contributed by atoms with van der Waals surface area (Å²) < 4.78 is 5.98. The van der Waals surface area contributed by atoms with Gasteiger partial charge in [0.1, 0.15) is 0 Å².